The number of thiazole rings is 1. The molecule has 1 aliphatic rings. The summed E-state index contributed by atoms with van der Waals surface area (Å²) in [5, 5.41) is 7.93. The Kier molecular flexibility index (Phi) is 2.61. The number of hydrogen-bond donors (Lipinski definition) is 1. The second-order valence-corrected chi connectivity index (χ2v) is 5.96. The lowest BCUT2D eigenvalue weighted by Gasteiger charge is -2.19. The zero-order chi connectivity index (χ0) is 13.7. The first-order chi connectivity index (χ1) is 9.74. The van der Waals surface area contributed by atoms with Crippen molar-refractivity contribution >= 4 is 16.3 Å². The number of nitrogens with one attached hydrogen (secondary N) is 1. The fourth-order valence-electron chi connectivity index (χ4n) is 2.63. The third-order valence-corrected chi connectivity index (χ3v) is 4.90. The molecule has 0 radical (unpaired) electrons. The van der Waals surface area contributed by atoms with Crippen LogP contribution in [0.15, 0.2) is 24.3 Å². The number of nitrogens with zero attached hydrogens (tertiary/aromatic N) is 3. The van der Waals surface area contributed by atoms with E-state index in [2.05, 4.69) is 22.3 Å². The van der Waals surface area contributed by atoms with Gasteiger partial charge in [0.25, 0.3) is 0 Å². The van der Waals surface area contributed by atoms with Gasteiger partial charge in [-0.2, -0.15) is 4.98 Å². The molecule has 1 N–H and O–H groups in total. The van der Waals surface area contributed by atoms with Crippen molar-refractivity contribution in [2.24, 2.45) is 0 Å². The maximum atomic E-state index is 13.8. The monoisotopic (exact) mass is 288 g/mol. The first-order valence-corrected chi connectivity index (χ1v) is 7.42. The van der Waals surface area contributed by atoms with Crippen molar-refractivity contribution < 1.29 is 4.39 Å². The first kappa shape index (κ1) is 12.0. The molecule has 4 nitrogen and oxygen atoms in total. The van der Waals surface area contributed by atoms with Crippen molar-refractivity contribution in [3.8, 4) is 11.4 Å². The summed E-state index contributed by atoms with van der Waals surface area (Å²) in [5.41, 5.74) is 1.66. The quantitative estimate of drug-likeness (QED) is 0.748. The Morgan fingerprint density at radius 1 is 1.40 bits per heavy atom. The van der Waals surface area contributed by atoms with Gasteiger partial charge in [0.15, 0.2) is 5.82 Å². The highest BCUT2D eigenvalue weighted by atomic mass is 32.1. The lowest BCUT2D eigenvalue weighted by Crippen LogP contribution is -2.27. The van der Waals surface area contributed by atoms with E-state index in [1.807, 2.05) is 4.52 Å². The molecule has 1 atom stereocenters. The number of fused-ring (bicyclic) bond motifs is 3. The molecule has 1 aromatic carbocycles. The molecule has 20 heavy (non-hydrogen) atoms. The van der Waals surface area contributed by atoms with Crippen molar-refractivity contribution in [2.45, 2.75) is 19.4 Å². The summed E-state index contributed by atoms with van der Waals surface area (Å²) >= 11 is 1.63. The summed E-state index contributed by atoms with van der Waals surface area (Å²) in [4.78, 5) is 6.61. The van der Waals surface area contributed by atoms with E-state index >= 15 is 0 Å². The standard InChI is InChI=1S/C14H13FN4S/c1-8-12-11(6-7-16-8)19-14(20-12)17-13(18-19)9-4-2-3-5-10(9)15/h2-5,8,16H,6-7H2,1H3. The number of hydrogen-bond acceptors (Lipinski definition) is 4. The van der Waals surface area contributed by atoms with Crippen LogP contribution in [0.4, 0.5) is 4.39 Å². The smallest absolute Gasteiger partial charge is 0.213 e. The van der Waals surface area contributed by atoms with Crippen molar-refractivity contribution in [1.29, 1.82) is 0 Å². The molecule has 0 bridgehead atoms. The highest BCUT2D eigenvalue weighted by Gasteiger charge is 2.24. The van der Waals surface area contributed by atoms with Gasteiger partial charge in [-0.3, -0.25) is 0 Å². The van der Waals surface area contributed by atoms with Gasteiger partial charge in [-0.05, 0) is 19.1 Å². The zero-order valence-corrected chi connectivity index (χ0v) is 11.7. The SMILES string of the molecule is CC1NCCc2c1sc1nc(-c3ccccc3F)nn21. The third-order valence-electron chi connectivity index (χ3n) is 3.64. The second kappa shape index (κ2) is 4.36. The van der Waals surface area contributed by atoms with Gasteiger partial charge in [-0.25, -0.2) is 8.91 Å². The molecule has 0 aliphatic carbocycles. The van der Waals surface area contributed by atoms with E-state index in [0.717, 1.165) is 17.9 Å². The molecule has 2 aromatic heterocycles. The van der Waals surface area contributed by atoms with Crippen LogP contribution in [0.1, 0.15) is 23.5 Å². The normalized spacial score (nSPS) is 18.4. The number of halogens is 1. The van der Waals surface area contributed by atoms with Crippen LogP contribution in [0.25, 0.3) is 16.3 Å². The highest BCUT2D eigenvalue weighted by Crippen LogP contribution is 2.32. The average molecular weight is 288 g/mol. The molecular formula is C14H13FN4S. The van der Waals surface area contributed by atoms with Gasteiger partial charge in [0.05, 0.1) is 11.3 Å². The Labute approximate surface area is 119 Å². The molecule has 1 unspecified atom stereocenters. The predicted molar refractivity (Wildman–Crippen MR) is 76.4 cm³/mol. The highest BCUT2D eigenvalue weighted by molar-refractivity contribution is 7.17. The molecule has 0 saturated heterocycles. The van der Waals surface area contributed by atoms with Crippen LogP contribution < -0.4 is 5.32 Å². The fourth-order valence-corrected chi connectivity index (χ4v) is 3.76. The molecular weight excluding hydrogens is 275 g/mol. The van der Waals surface area contributed by atoms with Crippen LogP contribution in [0.3, 0.4) is 0 Å². The molecule has 0 amide bonds. The van der Waals surface area contributed by atoms with Crippen LogP contribution in [0.2, 0.25) is 0 Å². The molecule has 4 rings (SSSR count). The molecule has 1 aliphatic heterocycles. The van der Waals surface area contributed by atoms with Crippen molar-refractivity contribution in [2.75, 3.05) is 6.54 Å². The maximum Gasteiger partial charge on any atom is 0.213 e. The molecule has 3 heterocycles. The van der Waals surface area contributed by atoms with Gasteiger partial charge in [0, 0.05) is 23.9 Å². The fraction of sp³-hybridized carbons (Fsp3) is 0.286. The first-order valence-electron chi connectivity index (χ1n) is 6.60. The summed E-state index contributed by atoms with van der Waals surface area (Å²) in [7, 11) is 0. The summed E-state index contributed by atoms with van der Waals surface area (Å²) in [5.74, 6) is 0.179. The number of rotatable bonds is 1. The van der Waals surface area contributed by atoms with E-state index in [4.69, 9.17) is 0 Å². The van der Waals surface area contributed by atoms with E-state index in [1.54, 1.807) is 29.5 Å². The van der Waals surface area contributed by atoms with E-state index in [-0.39, 0.29) is 5.82 Å². The van der Waals surface area contributed by atoms with Gasteiger partial charge in [-0.1, -0.05) is 23.5 Å². The Hall–Kier alpha value is -1.79. The molecule has 0 fully saturated rings. The molecule has 3 aromatic rings. The Morgan fingerprint density at radius 3 is 3.10 bits per heavy atom. The van der Waals surface area contributed by atoms with Gasteiger partial charge < -0.3 is 5.32 Å². The molecule has 0 spiro atoms. The maximum absolute atomic E-state index is 13.8. The number of aromatic nitrogens is 3. The van der Waals surface area contributed by atoms with Gasteiger partial charge >= 0.3 is 0 Å². The number of benzene rings is 1. The van der Waals surface area contributed by atoms with E-state index < -0.39 is 0 Å². The third kappa shape index (κ3) is 1.68. The molecule has 6 heteroatoms. The van der Waals surface area contributed by atoms with Crippen LogP contribution in [0.5, 0.6) is 0 Å². The van der Waals surface area contributed by atoms with Crippen LogP contribution in [-0.2, 0) is 6.42 Å². The van der Waals surface area contributed by atoms with Crippen LogP contribution in [-0.4, -0.2) is 21.1 Å². The topological polar surface area (TPSA) is 42.2 Å². The average Bonchev–Trinajstić information content (AvgIpc) is 2.98. The van der Waals surface area contributed by atoms with Gasteiger partial charge in [0.1, 0.15) is 5.82 Å². The minimum Gasteiger partial charge on any atom is -0.309 e. The summed E-state index contributed by atoms with van der Waals surface area (Å²) in [6, 6.07) is 6.96. The molecule has 102 valence electrons. The van der Waals surface area contributed by atoms with E-state index in [9.17, 15) is 4.39 Å². The molecule has 0 saturated carbocycles. The lowest BCUT2D eigenvalue weighted by molar-refractivity contribution is 0.537. The minimum absolute atomic E-state index is 0.283. The zero-order valence-electron chi connectivity index (χ0n) is 10.9. The van der Waals surface area contributed by atoms with Gasteiger partial charge in [0.2, 0.25) is 4.96 Å². The van der Waals surface area contributed by atoms with Crippen molar-refractivity contribution in [3.63, 3.8) is 0 Å². The second-order valence-electron chi connectivity index (χ2n) is 4.95. The Bertz CT molecular complexity index is 792. The van der Waals surface area contributed by atoms with Crippen molar-refractivity contribution in [3.05, 3.63) is 40.7 Å². The van der Waals surface area contributed by atoms with Gasteiger partial charge in [-0.15, -0.1) is 5.10 Å². The van der Waals surface area contributed by atoms with Crippen molar-refractivity contribution in [1.82, 2.24) is 19.9 Å². The Morgan fingerprint density at radius 2 is 2.25 bits per heavy atom. The predicted octanol–water partition coefficient (Wildman–Crippen LogP) is 2.80. The van der Waals surface area contributed by atoms with Crippen LogP contribution in [0, 0.1) is 5.82 Å². The van der Waals surface area contributed by atoms with E-state index in [0.29, 0.717) is 17.4 Å². The summed E-state index contributed by atoms with van der Waals surface area (Å²) in [6.07, 6.45) is 0.930. The summed E-state index contributed by atoms with van der Waals surface area (Å²) in [6.45, 7) is 3.08. The largest absolute Gasteiger partial charge is 0.309 e. The Balaban J connectivity index is 1.89. The lowest BCUT2D eigenvalue weighted by atomic mass is 10.1. The van der Waals surface area contributed by atoms with Crippen LogP contribution >= 0.6 is 11.3 Å². The minimum atomic E-state index is -0.283. The van der Waals surface area contributed by atoms with E-state index in [1.165, 1.54) is 16.6 Å². The summed E-state index contributed by atoms with van der Waals surface area (Å²) < 4.78 is 15.7.